The summed E-state index contributed by atoms with van der Waals surface area (Å²) in [6.45, 7) is 0. The first-order valence-corrected chi connectivity index (χ1v) is 9.52. The van der Waals surface area contributed by atoms with E-state index in [1.54, 1.807) is 17.4 Å². The van der Waals surface area contributed by atoms with Gasteiger partial charge in [0, 0.05) is 24.4 Å². The zero-order chi connectivity index (χ0) is 19.6. The Labute approximate surface area is 168 Å². The molecule has 2 heterocycles. The van der Waals surface area contributed by atoms with Crippen LogP contribution < -0.4 is 0 Å². The van der Waals surface area contributed by atoms with Crippen molar-refractivity contribution in [1.82, 2.24) is 15.0 Å². The number of hydrazone groups is 1. The van der Waals surface area contributed by atoms with Crippen molar-refractivity contribution in [1.29, 1.82) is 0 Å². The van der Waals surface area contributed by atoms with Gasteiger partial charge in [0.1, 0.15) is 0 Å². The highest BCUT2D eigenvalue weighted by molar-refractivity contribution is 6.05. The Morgan fingerprint density at radius 1 is 0.828 bits per heavy atom. The first kappa shape index (κ1) is 17.3. The largest absolute Gasteiger partial charge is 0.274 e. The molecule has 0 spiro atoms. The summed E-state index contributed by atoms with van der Waals surface area (Å²) in [7, 11) is 0. The molecule has 0 saturated carbocycles. The van der Waals surface area contributed by atoms with E-state index in [4.69, 9.17) is 5.10 Å². The van der Waals surface area contributed by atoms with Gasteiger partial charge in [-0.05, 0) is 35.4 Å². The fourth-order valence-electron chi connectivity index (χ4n) is 3.66. The lowest BCUT2D eigenvalue weighted by Gasteiger charge is -2.22. The maximum Gasteiger partial charge on any atom is 0.274 e. The number of benzene rings is 3. The highest BCUT2D eigenvalue weighted by Gasteiger charge is 2.33. The van der Waals surface area contributed by atoms with Gasteiger partial charge in [0.2, 0.25) is 0 Å². The summed E-state index contributed by atoms with van der Waals surface area (Å²) in [5, 5.41) is 6.34. The normalized spacial score (nSPS) is 16.1. The van der Waals surface area contributed by atoms with E-state index in [0.29, 0.717) is 12.0 Å². The van der Waals surface area contributed by atoms with Crippen LogP contribution in [0.25, 0.3) is 11.0 Å². The molecular formula is C24H18N4O. The van der Waals surface area contributed by atoms with Crippen molar-refractivity contribution >= 4 is 22.7 Å². The van der Waals surface area contributed by atoms with Crippen LogP contribution in [0.15, 0.2) is 96.4 Å². The molecule has 0 fully saturated rings. The number of hydrogen-bond donors (Lipinski definition) is 0. The van der Waals surface area contributed by atoms with Crippen molar-refractivity contribution in [2.45, 2.75) is 12.5 Å². The van der Waals surface area contributed by atoms with Gasteiger partial charge in [-0.3, -0.25) is 14.8 Å². The van der Waals surface area contributed by atoms with E-state index >= 15 is 0 Å². The lowest BCUT2D eigenvalue weighted by Crippen LogP contribution is -2.27. The van der Waals surface area contributed by atoms with E-state index in [9.17, 15) is 4.79 Å². The molecule has 0 radical (unpaired) electrons. The molecule has 0 saturated heterocycles. The van der Waals surface area contributed by atoms with Gasteiger partial charge >= 0.3 is 0 Å². The highest BCUT2D eigenvalue weighted by atomic mass is 16.2. The summed E-state index contributed by atoms with van der Waals surface area (Å²) in [4.78, 5) is 22.0. The average molecular weight is 378 g/mol. The summed E-state index contributed by atoms with van der Waals surface area (Å²) in [5.41, 5.74) is 5.19. The summed E-state index contributed by atoms with van der Waals surface area (Å²) >= 11 is 0. The number of nitrogens with zero attached hydrogens (tertiary/aromatic N) is 4. The number of fused-ring (bicyclic) bond motifs is 1. The summed E-state index contributed by atoms with van der Waals surface area (Å²) in [6, 6.07) is 25.0. The van der Waals surface area contributed by atoms with Crippen LogP contribution in [0.3, 0.4) is 0 Å². The minimum absolute atomic E-state index is 0.110. The van der Waals surface area contributed by atoms with Crippen molar-refractivity contribution in [3.05, 3.63) is 108 Å². The number of carbonyl (C=O) groups excluding carboxylic acids is 1. The van der Waals surface area contributed by atoms with Crippen LogP contribution in [-0.2, 0) is 0 Å². The molecule has 1 aromatic heterocycles. The number of rotatable bonds is 3. The first-order valence-electron chi connectivity index (χ1n) is 9.52. The van der Waals surface area contributed by atoms with Gasteiger partial charge in [0.25, 0.3) is 5.91 Å². The third-order valence-corrected chi connectivity index (χ3v) is 5.12. The van der Waals surface area contributed by atoms with Gasteiger partial charge in [-0.2, -0.15) is 5.10 Å². The molecule has 1 amide bonds. The molecular weight excluding hydrogens is 360 g/mol. The molecule has 5 rings (SSSR count). The third kappa shape index (κ3) is 3.27. The number of aromatic nitrogens is 2. The molecule has 29 heavy (non-hydrogen) atoms. The molecule has 0 aliphatic carbocycles. The Kier molecular flexibility index (Phi) is 4.33. The van der Waals surface area contributed by atoms with Gasteiger partial charge in [-0.15, -0.1) is 0 Å². The fraction of sp³-hybridized carbons (Fsp3) is 0.0833. The first-order chi connectivity index (χ1) is 14.3. The topological polar surface area (TPSA) is 58.5 Å². The highest BCUT2D eigenvalue weighted by Crippen LogP contribution is 2.34. The van der Waals surface area contributed by atoms with Crippen molar-refractivity contribution in [3.63, 3.8) is 0 Å². The standard InChI is InChI=1S/C24H18N4O/c29-24(18-9-5-2-6-10-18)28-23(16-21(27-28)17-7-3-1-4-8-17)19-11-12-20-22(15-19)26-14-13-25-20/h1-15,23H,16H2/t23-/m1/s1. The van der Waals surface area contributed by atoms with Crippen LogP contribution >= 0.6 is 0 Å². The van der Waals surface area contributed by atoms with Crippen LogP contribution in [0.5, 0.6) is 0 Å². The second-order valence-corrected chi connectivity index (χ2v) is 6.95. The summed E-state index contributed by atoms with van der Waals surface area (Å²) in [5.74, 6) is -0.110. The molecule has 0 N–H and O–H groups in total. The minimum Gasteiger partial charge on any atom is -0.267 e. The fourth-order valence-corrected chi connectivity index (χ4v) is 3.66. The van der Waals surface area contributed by atoms with E-state index in [0.717, 1.165) is 27.9 Å². The predicted octanol–water partition coefficient (Wildman–Crippen LogP) is 4.62. The SMILES string of the molecule is O=C(c1ccccc1)N1N=C(c2ccccc2)C[C@@H]1c1ccc2nccnc2c1. The molecule has 0 unspecified atom stereocenters. The summed E-state index contributed by atoms with van der Waals surface area (Å²) in [6.07, 6.45) is 4.01. The van der Waals surface area contributed by atoms with E-state index < -0.39 is 0 Å². The lowest BCUT2D eigenvalue weighted by molar-refractivity contribution is 0.0711. The van der Waals surface area contributed by atoms with Crippen molar-refractivity contribution in [2.24, 2.45) is 5.10 Å². The Morgan fingerprint density at radius 2 is 1.52 bits per heavy atom. The zero-order valence-corrected chi connectivity index (χ0v) is 15.6. The smallest absolute Gasteiger partial charge is 0.267 e. The number of amides is 1. The van der Waals surface area contributed by atoms with Crippen molar-refractivity contribution in [2.75, 3.05) is 0 Å². The minimum atomic E-state index is -0.190. The van der Waals surface area contributed by atoms with E-state index in [2.05, 4.69) is 9.97 Å². The molecule has 4 aromatic rings. The third-order valence-electron chi connectivity index (χ3n) is 5.12. The zero-order valence-electron chi connectivity index (χ0n) is 15.6. The maximum absolute atomic E-state index is 13.3. The van der Waals surface area contributed by atoms with Gasteiger partial charge < -0.3 is 0 Å². The molecule has 140 valence electrons. The van der Waals surface area contributed by atoms with Crippen molar-refractivity contribution < 1.29 is 4.79 Å². The van der Waals surface area contributed by atoms with Gasteiger partial charge in [-0.1, -0.05) is 54.6 Å². The maximum atomic E-state index is 13.3. The number of hydrogen-bond acceptors (Lipinski definition) is 4. The van der Waals surface area contributed by atoms with Crippen LogP contribution in [-0.4, -0.2) is 26.6 Å². The van der Waals surface area contributed by atoms with E-state index in [1.807, 2.05) is 78.9 Å². The van der Waals surface area contributed by atoms with Gasteiger partial charge in [0.15, 0.2) is 0 Å². The Bertz CT molecular complexity index is 1210. The summed E-state index contributed by atoms with van der Waals surface area (Å²) < 4.78 is 0. The molecule has 5 nitrogen and oxygen atoms in total. The van der Waals surface area contributed by atoms with Crippen LogP contribution in [0.2, 0.25) is 0 Å². The molecule has 3 aromatic carbocycles. The Hall–Kier alpha value is -3.86. The Balaban J connectivity index is 1.57. The van der Waals surface area contributed by atoms with Gasteiger partial charge in [-0.25, -0.2) is 5.01 Å². The van der Waals surface area contributed by atoms with Crippen LogP contribution in [0.1, 0.15) is 33.9 Å². The van der Waals surface area contributed by atoms with Crippen molar-refractivity contribution in [3.8, 4) is 0 Å². The van der Waals surface area contributed by atoms with E-state index in [-0.39, 0.29) is 11.9 Å². The second kappa shape index (κ2) is 7.28. The quantitative estimate of drug-likeness (QED) is 0.523. The average Bonchev–Trinajstić information content (AvgIpc) is 3.25. The van der Waals surface area contributed by atoms with Crippen LogP contribution in [0, 0.1) is 0 Å². The number of carbonyl (C=O) groups is 1. The predicted molar refractivity (Wildman–Crippen MR) is 112 cm³/mol. The molecule has 1 aliphatic rings. The Morgan fingerprint density at radius 3 is 2.28 bits per heavy atom. The molecule has 1 aliphatic heterocycles. The molecule has 0 bridgehead atoms. The molecule has 1 atom stereocenters. The second-order valence-electron chi connectivity index (χ2n) is 6.95. The monoisotopic (exact) mass is 378 g/mol. The van der Waals surface area contributed by atoms with Gasteiger partial charge in [0.05, 0.1) is 22.8 Å². The van der Waals surface area contributed by atoms with E-state index in [1.165, 1.54) is 0 Å². The van der Waals surface area contributed by atoms with Crippen LogP contribution in [0.4, 0.5) is 0 Å². The molecule has 5 heteroatoms. The lowest BCUT2D eigenvalue weighted by atomic mass is 9.97.